The minimum Gasteiger partial charge on any atom is -0.508 e. The molecule has 1 saturated heterocycles. The smallest absolute Gasteiger partial charge is 0.258 e. The van der Waals surface area contributed by atoms with Gasteiger partial charge in [0, 0.05) is 64.8 Å². The van der Waals surface area contributed by atoms with Gasteiger partial charge in [-0.05, 0) is 53.6 Å². The van der Waals surface area contributed by atoms with Crippen LogP contribution in [0.5, 0.6) is 11.5 Å². The summed E-state index contributed by atoms with van der Waals surface area (Å²) >= 11 is 0. The number of piperazine rings is 1. The molecule has 2 aliphatic rings. The lowest BCUT2D eigenvalue weighted by molar-refractivity contribution is -0.120. The molecule has 39 heavy (non-hydrogen) atoms. The van der Waals surface area contributed by atoms with Crippen LogP contribution in [0, 0.1) is 0 Å². The third kappa shape index (κ3) is 7.51. The third-order valence-electron chi connectivity index (χ3n) is 7.94. The molecule has 0 unspecified atom stereocenters. The quantitative estimate of drug-likeness (QED) is 0.373. The van der Waals surface area contributed by atoms with Crippen molar-refractivity contribution in [2.24, 2.45) is 0 Å². The molecular formula is C31H44N4O4. The van der Waals surface area contributed by atoms with Gasteiger partial charge in [-0.2, -0.15) is 0 Å². The van der Waals surface area contributed by atoms with E-state index < -0.39 is 0 Å². The molecule has 2 heterocycles. The molecule has 0 aromatic heterocycles. The van der Waals surface area contributed by atoms with E-state index in [0.29, 0.717) is 25.1 Å². The minimum absolute atomic E-state index is 0.0170. The Morgan fingerprint density at radius 2 is 1.62 bits per heavy atom. The molecule has 2 amide bonds. The van der Waals surface area contributed by atoms with E-state index in [1.54, 1.807) is 11.0 Å². The second-order valence-electron chi connectivity index (χ2n) is 11.2. The van der Waals surface area contributed by atoms with E-state index in [0.717, 1.165) is 69.8 Å². The second kappa shape index (κ2) is 13.3. The van der Waals surface area contributed by atoms with Gasteiger partial charge < -0.3 is 25.3 Å². The number of fused-ring (bicyclic) bond motifs is 1. The summed E-state index contributed by atoms with van der Waals surface area (Å²) in [7, 11) is 0. The molecule has 1 fully saturated rings. The first-order valence-electron chi connectivity index (χ1n) is 14.4. The van der Waals surface area contributed by atoms with Crippen molar-refractivity contribution in [3.8, 4) is 11.5 Å². The zero-order valence-electron chi connectivity index (χ0n) is 23.7. The Kier molecular flexibility index (Phi) is 9.86. The van der Waals surface area contributed by atoms with Crippen molar-refractivity contribution in [2.45, 2.75) is 72.0 Å². The fourth-order valence-corrected chi connectivity index (χ4v) is 5.51. The highest BCUT2D eigenvalue weighted by molar-refractivity contribution is 5.97. The van der Waals surface area contributed by atoms with Crippen molar-refractivity contribution in [3.05, 3.63) is 58.1 Å². The minimum atomic E-state index is -0.214. The normalized spacial score (nSPS) is 16.1. The number of phenolic OH excluding ortho intramolecular Hbond substituents is 2. The van der Waals surface area contributed by atoms with E-state index in [1.165, 1.54) is 18.1 Å². The molecule has 0 bridgehead atoms. The maximum Gasteiger partial charge on any atom is 0.258 e. The van der Waals surface area contributed by atoms with Crippen LogP contribution in [-0.2, 0) is 24.4 Å². The third-order valence-corrected chi connectivity index (χ3v) is 7.94. The fourth-order valence-electron chi connectivity index (χ4n) is 5.51. The van der Waals surface area contributed by atoms with Gasteiger partial charge in [0.25, 0.3) is 5.91 Å². The standard InChI is InChI=1S/C31H44N4O4/c1-4-30(38)32-10-6-5-7-11-33-12-14-34(15-13-33)19-23-8-9-24-20-35(21-25(24)16-23)31(39)27-17-26(22(2)3)28(36)18-29(27)37/h8-9,16-18,22,36-37H,4-7,10-15,19-21H2,1-3H3,(H,32,38). The van der Waals surface area contributed by atoms with E-state index in [4.69, 9.17) is 0 Å². The number of carbonyl (C=O) groups is 2. The van der Waals surface area contributed by atoms with Crippen LogP contribution in [0.2, 0.25) is 0 Å². The van der Waals surface area contributed by atoms with Crippen LogP contribution in [0.25, 0.3) is 0 Å². The van der Waals surface area contributed by atoms with Crippen LogP contribution in [0.3, 0.4) is 0 Å². The number of amides is 2. The van der Waals surface area contributed by atoms with Crippen molar-refractivity contribution in [3.63, 3.8) is 0 Å². The van der Waals surface area contributed by atoms with E-state index in [1.807, 2.05) is 20.8 Å². The van der Waals surface area contributed by atoms with E-state index in [2.05, 4.69) is 33.3 Å². The molecule has 2 aromatic rings. The van der Waals surface area contributed by atoms with Crippen LogP contribution in [0.4, 0.5) is 0 Å². The summed E-state index contributed by atoms with van der Waals surface area (Å²) in [6.45, 7) is 13.9. The SMILES string of the molecule is CCC(=O)NCCCCCN1CCN(Cc2ccc3c(c2)CN(C(=O)c2cc(C(C)C)c(O)cc2O)C3)CC1. The molecule has 0 saturated carbocycles. The molecule has 0 aliphatic carbocycles. The molecule has 4 rings (SSSR count). The Morgan fingerprint density at radius 1 is 0.897 bits per heavy atom. The van der Waals surface area contributed by atoms with Crippen LogP contribution in [0.15, 0.2) is 30.3 Å². The van der Waals surface area contributed by atoms with Gasteiger partial charge in [0.15, 0.2) is 0 Å². The number of benzene rings is 2. The first-order chi connectivity index (χ1) is 18.7. The van der Waals surface area contributed by atoms with E-state index in [-0.39, 0.29) is 34.8 Å². The summed E-state index contributed by atoms with van der Waals surface area (Å²) in [5.41, 5.74) is 4.48. The maximum absolute atomic E-state index is 13.3. The van der Waals surface area contributed by atoms with Gasteiger partial charge in [0.2, 0.25) is 5.91 Å². The molecule has 8 heteroatoms. The number of carbonyl (C=O) groups excluding carboxylic acids is 2. The average molecular weight is 537 g/mol. The summed E-state index contributed by atoms with van der Waals surface area (Å²) in [5, 5.41) is 23.5. The van der Waals surface area contributed by atoms with E-state index in [9.17, 15) is 19.8 Å². The largest absolute Gasteiger partial charge is 0.508 e. The number of rotatable bonds is 11. The predicted octanol–water partition coefficient (Wildman–Crippen LogP) is 4.19. The number of hydrogen-bond acceptors (Lipinski definition) is 6. The molecule has 3 N–H and O–H groups in total. The number of nitrogens with one attached hydrogen (secondary N) is 1. The number of nitrogens with zero attached hydrogens (tertiary/aromatic N) is 3. The molecular weight excluding hydrogens is 492 g/mol. The lowest BCUT2D eigenvalue weighted by Gasteiger charge is -2.34. The number of aromatic hydroxyl groups is 2. The van der Waals surface area contributed by atoms with Gasteiger partial charge in [-0.25, -0.2) is 0 Å². The molecule has 0 spiro atoms. The molecule has 0 atom stereocenters. The first-order valence-corrected chi connectivity index (χ1v) is 14.4. The van der Waals surface area contributed by atoms with Crippen molar-refractivity contribution >= 4 is 11.8 Å². The Labute approximate surface area is 232 Å². The van der Waals surface area contributed by atoms with Crippen LogP contribution < -0.4 is 5.32 Å². The molecule has 0 radical (unpaired) electrons. The highest BCUT2D eigenvalue weighted by atomic mass is 16.3. The molecule has 212 valence electrons. The predicted molar refractivity (Wildman–Crippen MR) is 153 cm³/mol. The summed E-state index contributed by atoms with van der Waals surface area (Å²) in [5.74, 6) is -0.200. The number of unbranched alkanes of at least 4 members (excludes halogenated alkanes) is 2. The van der Waals surface area contributed by atoms with Crippen LogP contribution >= 0.6 is 0 Å². The van der Waals surface area contributed by atoms with Crippen LogP contribution in [-0.4, -0.2) is 76.0 Å². The Hall–Kier alpha value is -3.10. The lowest BCUT2D eigenvalue weighted by atomic mass is 9.98. The summed E-state index contributed by atoms with van der Waals surface area (Å²) in [6, 6.07) is 9.43. The average Bonchev–Trinajstić information content (AvgIpc) is 3.34. The van der Waals surface area contributed by atoms with Gasteiger partial charge in [-0.15, -0.1) is 0 Å². The first kappa shape index (κ1) is 28.9. The number of phenols is 2. The Bertz CT molecular complexity index is 1160. The van der Waals surface area contributed by atoms with Crippen molar-refractivity contribution < 1.29 is 19.8 Å². The maximum atomic E-state index is 13.3. The Morgan fingerprint density at radius 3 is 2.33 bits per heavy atom. The van der Waals surface area contributed by atoms with E-state index >= 15 is 0 Å². The van der Waals surface area contributed by atoms with Gasteiger partial charge in [0.05, 0.1) is 5.56 Å². The highest BCUT2D eigenvalue weighted by Gasteiger charge is 2.28. The Balaban J connectivity index is 1.24. The monoisotopic (exact) mass is 536 g/mol. The molecule has 8 nitrogen and oxygen atoms in total. The summed E-state index contributed by atoms with van der Waals surface area (Å²) in [6.07, 6.45) is 3.91. The van der Waals surface area contributed by atoms with Gasteiger partial charge in [0.1, 0.15) is 11.5 Å². The second-order valence-corrected chi connectivity index (χ2v) is 11.2. The number of hydrogen-bond donors (Lipinski definition) is 3. The van der Waals surface area contributed by atoms with Crippen molar-refractivity contribution in [2.75, 3.05) is 39.3 Å². The molecule has 2 aromatic carbocycles. The van der Waals surface area contributed by atoms with Gasteiger partial charge in [-0.3, -0.25) is 14.5 Å². The lowest BCUT2D eigenvalue weighted by Crippen LogP contribution is -2.46. The van der Waals surface area contributed by atoms with Crippen molar-refractivity contribution in [1.82, 2.24) is 20.0 Å². The summed E-state index contributed by atoms with van der Waals surface area (Å²) < 4.78 is 0. The molecule has 2 aliphatic heterocycles. The highest BCUT2D eigenvalue weighted by Crippen LogP contribution is 2.34. The topological polar surface area (TPSA) is 96.4 Å². The van der Waals surface area contributed by atoms with Gasteiger partial charge >= 0.3 is 0 Å². The zero-order valence-corrected chi connectivity index (χ0v) is 23.7. The van der Waals surface area contributed by atoms with Crippen molar-refractivity contribution in [1.29, 1.82) is 0 Å². The zero-order chi connectivity index (χ0) is 27.9. The van der Waals surface area contributed by atoms with Gasteiger partial charge in [-0.1, -0.05) is 45.4 Å². The fraction of sp³-hybridized carbons (Fsp3) is 0.548. The summed E-state index contributed by atoms with van der Waals surface area (Å²) in [4.78, 5) is 31.4. The van der Waals surface area contributed by atoms with Crippen LogP contribution in [0.1, 0.15) is 85.0 Å².